The van der Waals surface area contributed by atoms with E-state index in [1.54, 1.807) is 6.92 Å². The van der Waals surface area contributed by atoms with Crippen LogP contribution in [0.5, 0.6) is 11.5 Å². The molecule has 0 aliphatic heterocycles. The highest BCUT2D eigenvalue weighted by atomic mass is 16.5. The van der Waals surface area contributed by atoms with Gasteiger partial charge in [-0.15, -0.1) is 0 Å². The van der Waals surface area contributed by atoms with Crippen LogP contribution in [0.25, 0.3) is 0 Å². The number of nitrogens with one attached hydrogen (secondary N) is 1. The average molecular weight is 367 g/mol. The first-order valence-electron chi connectivity index (χ1n) is 9.80. The van der Waals surface area contributed by atoms with E-state index < -0.39 is 6.10 Å². The molecule has 1 aliphatic carbocycles. The number of carbonyl (C=O) groups is 1. The highest BCUT2D eigenvalue weighted by Gasteiger charge is 2.20. The molecule has 1 N–H and O–H groups in total. The van der Waals surface area contributed by atoms with Crippen LogP contribution in [0, 0.1) is 6.92 Å². The van der Waals surface area contributed by atoms with Gasteiger partial charge in [-0.1, -0.05) is 29.8 Å². The van der Waals surface area contributed by atoms with Gasteiger partial charge in [0, 0.05) is 0 Å². The van der Waals surface area contributed by atoms with Gasteiger partial charge in [0.05, 0.1) is 6.04 Å². The van der Waals surface area contributed by atoms with Crippen LogP contribution >= 0.6 is 0 Å². The Morgan fingerprint density at radius 3 is 2.59 bits per heavy atom. The van der Waals surface area contributed by atoms with E-state index >= 15 is 0 Å². The molecule has 0 aromatic heterocycles. The summed E-state index contributed by atoms with van der Waals surface area (Å²) in [5.74, 6) is 1.53. The van der Waals surface area contributed by atoms with Gasteiger partial charge >= 0.3 is 0 Å². The minimum Gasteiger partial charge on any atom is -0.491 e. The Hall–Kier alpha value is -2.49. The number of amides is 1. The second kappa shape index (κ2) is 8.94. The predicted octanol–water partition coefficient (Wildman–Crippen LogP) is 4.22. The number of ether oxygens (including phenoxy) is 2. The number of hydrogen-bond donors (Lipinski definition) is 1. The molecule has 0 fully saturated rings. The molecule has 27 heavy (non-hydrogen) atoms. The molecule has 1 amide bonds. The molecule has 144 valence electrons. The molecule has 2 atom stereocenters. The summed E-state index contributed by atoms with van der Waals surface area (Å²) in [7, 11) is 0. The van der Waals surface area contributed by atoms with E-state index in [2.05, 4.69) is 11.4 Å². The van der Waals surface area contributed by atoms with Crippen molar-refractivity contribution in [2.75, 3.05) is 6.61 Å². The van der Waals surface area contributed by atoms with Gasteiger partial charge in [0.1, 0.15) is 18.1 Å². The van der Waals surface area contributed by atoms with Gasteiger partial charge in [-0.3, -0.25) is 4.79 Å². The Labute approximate surface area is 161 Å². The number of hydrogen-bond acceptors (Lipinski definition) is 3. The van der Waals surface area contributed by atoms with Crippen molar-refractivity contribution < 1.29 is 14.3 Å². The molecule has 2 aromatic carbocycles. The number of carbonyl (C=O) groups excluding carboxylic acids is 1. The lowest BCUT2D eigenvalue weighted by atomic mass is 9.91. The van der Waals surface area contributed by atoms with E-state index in [0.29, 0.717) is 6.61 Å². The third kappa shape index (κ3) is 5.25. The third-order valence-electron chi connectivity index (χ3n) is 4.94. The smallest absolute Gasteiger partial charge is 0.261 e. The minimum atomic E-state index is -0.541. The van der Waals surface area contributed by atoms with Crippen LogP contribution in [0.15, 0.2) is 42.5 Å². The molecule has 4 nitrogen and oxygen atoms in total. The molecular weight excluding hydrogens is 338 g/mol. The summed E-state index contributed by atoms with van der Waals surface area (Å²) < 4.78 is 11.7. The summed E-state index contributed by atoms with van der Waals surface area (Å²) >= 11 is 0. The molecule has 4 heteroatoms. The Kier molecular flexibility index (Phi) is 6.38. The fourth-order valence-electron chi connectivity index (χ4n) is 3.36. The second-order valence-electron chi connectivity index (χ2n) is 7.39. The molecule has 0 spiro atoms. The molecule has 0 heterocycles. The van der Waals surface area contributed by atoms with E-state index in [4.69, 9.17) is 9.47 Å². The van der Waals surface area contributed by atoms with Crippen LogP contribution in [0.2, 0.25) is 0 Å². The molecule has 0 saturated heterocycles. The normalized spacial score (nSPS) is 15.4. The largest absolute Gasteiger partial charge is 0.491 e. The Balaban J connectivity index is 1.51. The van der Waals surface area contributed by atoms with Crippen molar-refractivity contribution >= 4 is 5.91 Å². The zero-order chi connectivity index (χ0) is 19.2. The van der Waals surface area contributed by atoms with Crippen molar-refractivity contribution in [3.05, 3.63) is 59.2 Å². The zero-order valence-corrected chi connectivity index (χ0v) is 16.5. The van der Waals surface area contributed by atoms with E-state index in [1.807, 2.05) is 50.2 Å². The Morgan fingerprint density at radius 1 is 1.07 bits per heavy atom. The summed E-state index contributed by atoms with van der Waals surface area (Å²) in [5.41, 5.74) is 3.81. The Bertz CT molecular complexity index is 770. The van der Waals surface area contributed by atoms with Crippen LogP contribution in [0.3, 0.4) is 0 Å². The second-order valence-corrected chi connectivity index (χ2v) is 7.39. The van der Waals surface area contributed by atoms with E-state index in [9.17, 15) is 4.79 Å². The summed E-state index contributed by atoms with van der Waals surface area (Å²) in [5, 5.41) is 2.97. The molecule has 0 bridgehead atoms. The Morgan fingerprint density at radius 2 is 1.81 bits per heavy atom. The highest BCUT2D eigenvalue weighted by molar-refractivity contribution is 5.81. The SMILES string of the molecule is Cc1ccc(OC[C@H](C)NC(=O)[C@H](C)Oc2cccc3c2CCCC3)cc1. The summed E-state index contributed by atoms with van der Waals surface area (Å²) in [6.07, 6.45) is 3.99. The van der Waals surface area contributed by atoms with Crippen LogP contribution in [-0.2, 0) is 17.6 Å². The lowest BCUT2D eigenvalue weighted by Crippen LogP contribution is -2.43. The quantitative estimate of drug-likeness (QED) is 0.797. The monoisotopic (exact) mass is 367 g/mol. The summed E-state index contributed by atoms with van der Waals surface area (Å²) in [4.78, 5) is 12.5. The third-order valence-corrected chi connectivity index (χ3v) is 4.94. The fourth-order valence-corrected chi connectivity index (χ4v) is 3.36. The fraction of sp³-hybridized carbons (Fsp3) is 0.435. The first kappa shape index (κ1) is 19.3. The number of benzene rings is 2. The molecule has 0 unspecified atom stereocenters. The maximum Gasteiger partial charge on any atom is 0.261 e. The first-order chi connectivity index (χ1) is 13.0. The van der Waals surface area contributed by atoms with E-state index in [-0.39, 0.29) is 11.9 Å². The van der Waals surface area contributed by atoms with Crippen molar-refractivity contribution in [1.29, 1.82) is 0 Å². The van der Waals surface area contributed by atoms with Crippen LogP contribution in [0.1, 0.15) is 43.4 Å². The number of fused-ring (bicyclic) bond motifs is 1. The van der Waals surface area contributed by atoms with Gasteiger partial charge in [-0.25, -0.2) is 0 Å². The molecule has 2 aromatic rings. The lowest BCUT2D eigenvalue weighted by Gasteiger charge is -2.23. The molecule has 1 aliphatic rings. The zero-order valence-electron chi connectivity index (χ0n) is 16.5. The van der Waals surface area contributed by atoms with Crippen molar-refractivity contribution in [2.45, 2.75) is 58.6 Å². The van der Waals surface area contributed by atoms with Gasteiger partial charge in [0.15, 0.2) is 6.10 Å². The lowest BCUT2D eigenvalue weighted by molar-refractivity contribution is -0.128. The van der Waals surface area contributed by atoms with Gasteiger partial charge in [-0.2, -0.15) is 0 Å². The van der Waals surface area contributed by atoms with Crippen molar-refractivity contribution in [1.82, 2.24) is 5.32 Å². The van der Waals surface area contributed by atoms with Gasteiger partial charge in [0.2, 0.25) is 0 Å². The topological polar surface area (TPSA) is 47.6 Å². The number of rotatable bonds is 7. The summed E-state index contributed by atoms with van der Waals surface area (Å²) in [6.45, 7) is 6.19. The molecular formula is C23H29NO3. The number of aryl methyl sites for hydroxylation is 2. The molecule has 0 radical (unpaired) electrons. The van der Waals surface area contributed by atoms with Gasteiger partial charge in [-0.05, 0) is 75.8 Å². The van der Waals surface area contributed by atoms with Crippen LogP contribution in [-0.4, -0.2) is 24.7 Å². The maximum absolute atomic E-state index is 12.5. The van der Waals surface area contributed by atoms with E-state index in [0.717, 1.165) is 24.3 Å². The predicted molar refractivity (Wildman–Crippen MR) is 107 cm³/mol. The van der Waals surface area contributed by atoms with Gasteiger partial charge < -0.3 is 14.8 Å². The van der Waals surface area contributed by atoms with Crippen LogP contribution < -0.4 is 14.8 Å². The molecule has 0 saturated carbocycles. The standard InChI is InChI=1S/C23H29NO3/c1-16-11-13-20(14-12-16)26-15-17(2)24-23(25)18(3)27-22-10-6-8-19-7-4-5-9-21(19)22/h6,8,10-14,17-18H,4-5,7,9,15H2,1-3H3,(H,24,25)/t17-,18-/m0/s1. The maximum atomic E-state index is 12.5. The first-order valence-corrected chi connectivity index (χ1v) is 9.80. The van der Waals surface area contributed by atoms with E-state index in [1.165, 1.54) is 29.5 Å². The van der Waals surface area contributed by atoms with Crippen molar-refractivity contribution in [3.8, 4) is 11.5 Å². The minimum absolute atomic E-state index is 0.102. The van der Waals surface area contributed by atoms with Crippen molar-refractivity contribution in [3.63, 3.8) is 0 Å². The summed E-state index contributed by atoms with van der Waals surface area (Å²) in [6, 6.07) is 13.9. The van der Waals surface area contributed by atoms with Crippen LogP contribution in [0.4, 0.5) is 0 Å². The molecule has 3 rings (SSSR count). The highest BCUT2D eigenvalue weighted by Crippen LogP contribution is 2.30. The van der Waals surface area contributed by atoms with Gasteiger partial charge in [0.25, 0.3) is 5.91 Å². The average Bonchev–Trinajstić information content (AvgIpc) is 2.68. The van der Waals surface area contributed by atoms with Crippen molar-refractivity contribution in [2.24, 2.45) is 0 Å².